The van der Waals surface area contributed by atoms with E-state index in [-0.39, 0.29) is 30.7 Å². The number of nitrogens with one attached hydrogen (secondary N) is 1. The van der Waals surface area contributed by atoms with E-state index in [1.807, 2.05) is 24.3 Å². The second-order valence-electron chi connectivity index (χ2n) is 7.30. The fourth-order valence-corrected chi connectivity index (χ4v) is 3.16. The minimum Gasteiger partial charge on any atom is -0.463 e. The Balaban J connectivity index is 1.89. The number of aromatic nitrogens is 1. The molecule has 3 rings (SSSR count). The minimum absolute atomic E-state index is 0.0510. The van der Waals surface area contributed by atoms with E-state index in [1.165, 1.54) is 12.3 Å². The molecule has 2 aromatic carbocycles. The average Bonchev–Trinajstić information content (AvgIpc) is 2.74. The number of carbonyl (C=O) groups is 2. The molecule has 0 fully saturated rings. The van der Waals surface area contributed by atoms with Crippen LogP contribution in [0.3, 0.4) is 0 Å². The zero-order valence-electron chi connectivity index (χ0n) is 17.4. The lowest BCUT2D eigenvalue weighted by Crippen LogP contribution is -2.14. The molecule has 0 unspecified atom stereocenters. The maximum absolute atomic E-state index is 13.8. The van der Waals surface area contributed by atoms with Crippen LogP contribution < -0.4 is 11.1 Å². The summed E-state index contributed by atoms with van der Waals surface area (Å²) in [6.45, 7) is 3.88. The normalized spacial score (nSPS) is 10.7. The molecule has 0 radical (unpaired) electrons. The van der Waals surface area contributed by atoms with Crippen molar-refractivity contribution >= 4 is 17.6 Å². The average molecular weight is 421 g/mol. The summed E-state index contributed by atoms with van der Waals surface area (Å²) in [5, 5.41) is 2.55. The van der Waals surface area contributed by atoms with Crippen LogP contribution in [-0.2, 0) is 22.5 Å². The van der Waals surface area contributed by atoms with E-state index >= 15 is 0 Å². The van der Waals surface area contributed by atoms with Crippen molar-refractivity contribution in [3.63, 3.8) is 0 Å². The van der Waals surface area contributed by atoms with Crippen molar-refractivity contribution in [1.82, 2.24) is 4.98 Å². The van der Waals surface area contributed by atoms with Gasteiger partial charge in [-0.25, -0.2) is 4.39 Å². The Hall–Kier alpha value is -3.58. The van der Waals surface area contributed by atoms with Crippen LogP contribution in [0.5, 0.6) is 0 Å². The van der Waals surface area contributed by atoms with E-state index in [2.05, 4.69) is 10.3 Å². The number of benzene rings is 2. The fourth-order valence-electron chi connectivity index (χ4n) is 3.16. The molecule has 160 valence electrons. The first-order valence-corrected chi connectivity index (χ1v) is 9.90. The number of nitrogens with zero attached hydrogens (tertiary/aromatic N) is 1. The Kier molecular flexibility index (Phi) is 7.10. The fraction of sp³-hybridized carbons (Fsp3) is 0.208. The van der Waals surface area contributed by atoms with Crippen molar-refractivity contribution in [2.24, 2.45) is 5.73 Å². The largest absolute Gasteiger partial charge is 0.463 e. The number of rotatable bonds is 7. The highest BCUT2D eigenvalue weighted by Crippen LogP contribution is 2.27. The Labute approximate surface area is 180 Å². The molecule has 6 nitrogen and oxygen atoms in total. The van der Waals surface area contributed by atoms with Crippen molar-refractivity contribution in [2.75, 3.05) is 5.32 Å². The van der Waals surface area contributed by atoms with Gasteiger partial charge < -0.3 is 15.8 Å². The van der Waals surface area contributed by atoms with Crippen LogP contribution in [0.2, 0.25) is 0 Å². The third-order valence-corrected chi connectivity index (χ3v) is 4.57. The SMILES string of the molecule is CC(C)OC(=O)Cc1cccc(-c2cc(C(=O)Nc3ccncc3F)ccc2CN)c1. The van der Waals surface area contributed by atoms with Crippen molar-refractivity contribution < 1.29 is 18.7 Å². The first-order chi connectivity index (χ1) is 14.9. The van der Waals surface area contributed by atoms with E-state index < -0.39 is 11.7 Å². The van der Waals surface area contributed by atoms with Gasteiger partial charge in [0.05, 0.1) is 24.4 Å². The number of pyridine rings is 1. The Bertz CT molecular complexity index is 1100. The van der Waals surface area contributed by atoms with Gasteiger partial charge in [-0.1, -0.05) is 30.3 Å². The number of carbonyl (C=O) groups excluding carboxylic acids is 2. The molecule has 0 bridgehead atoms. The van der Waals surface area contributed by atoms with E-state index in [0.717, 1.165) is 28.5 Å². The van der Waals surface area contributed by atoms with Crippen molar-refractivity contribution in [3.8, 4) is 11.1 Å². The molecule has 31 heavy (non-hydrogen) atoms. The second kappa shape index (κ2) is 9.95. The van der Waals surface area contributed by atoms with Gasteiger partial charge in [0.2, 0.25) is 0 Å². The van der Waals surface area contributed by atoms with Crippen LogP contribution in [0.4, 0.5) is 10.1 Å². The molecule has 1 amide bonds. The predicted molar refractivity (Wildman–Crippen MR) is 117 cm³/mol. The molecule has 0 aliphatic carbocycles. The highest BCUT2D eigenvalue weighted by atomic mass is 19.1. The summed E-state index contributed by atoms with van der Waals surface area (Å²) >= 11 is 0. The van der Waals surface area contributed by atoms with Crippen LogP contribution in [0.15, 0.2) is 60.9 Å². The van der Waals surface area contributed by atoms with Gasteiger partial charge >= 0.3 is 5.97 Å². The summed E-state index contributed by atoms with van der Waals surface area (Å²) < 4.78 is 19.0. The lowest BCUT2D eigenvalue weighted by molar-refractivity contribution is -0.146. The van der Waals surface area contributed by atoms with E-state index in [4.69, 9.17) is 10.5 Å². The Morgan fingerprint density at radius 3 is 2.68 bits per heavy atom. The van der Waals surface area contributed by atoms with Gasteiger partial charge in [-0.15, -0.1) is 0 Å². The molecule has 0 aliphatic heterocycles. The molecular weight excluding hydrogens is 397 g/mol. The molecule has 1 heterocycles. The zero-order chi connectivity index (χ0) is 22.4. The molecule has 0 saturated carbocycles. The number of hydrogen-bond acceptors (Lipinski definition) is 5. The van der Waals surface area contributed by atoms with E-state index in [9.17, 15) is 14.0 Å². The highest BCUT2D eigenvalue weighted by Gasteiger charge is 2.14. The van der Waals surface area contributed by atoms with Gasteiger partial charge in [0.25, 0.3) is 5.91 Å². The number of halogens is 1. The Morgan fingerprint density at radius 2 is 1.97 bits per heavy atom. The van der Waals surface area contributed by atoms with Crippen molar-refractivity contribution in [3.05, 3.63) is 83.4 Å². The number of amides is 1. The summed E-state index contributed by atoms with van der Waals surface area (Å²) in [6, 6.07) is 14.0. The molecule has 1 aromatic heterocycles. The second-order valence-corrected chi connectivity index (χ2v) is 7.30. The van der Waals surface area contributed by atoms with E-state index in [1.54, 1.807) is 32.0 Å². The van der Waals surface area contributed by atoms with Crippen molar-refractivity contribution in [1.29, 1.82) is 0 Å². The molecule has 0 atom stereocenters. The van der Waals surface area contributed by atoms with Crippen LogP contribution in [-0.4, -0.2) is 23.0 Å². The summed E-state index contributed by atoms with van der Waals surface area (Å²) in [7, 11) is 0. The zero-order valence-corrected chi connectivity index (χ0v) is 17.4. The maximum atomic E-state index is 13.8. The summed E-state index contributed by atoms with van der Waals surface area (Å²) in [6.07, 6.45) is 2.40. The highest BCUT2D eigenvalue weighted by molar-refractivity contribution is 6.05. The minimum atomic E-state index is -0.615. The maximum Gasteiger partial charge on any atom is 0.310 e. The van der Waals surface area contributed by atoms with E-state index in [0.29, 0.717) is 5.56 Å². The first-order valence-electron chi connectivity index (χ1n) is 9.90. The van der Waals surface area contributed by atoms with Gasteiger partial charge in [0.1, 0.15) is 0 Å². The monoisotopic (exact) mass is 421 g/mol. The summed E-state index contributed by atoms with van der Waals surface area (Å²) in [4.78, 5) is 28.4. The van der Waals surface area contributed by atoms with Crippen LogP contribution in [0.1, 0.15) is 35.3 Å². The number of esters is 1. The topological polar surface area (TPSA) is 94.3 Å². The molecule has 0 saturated heterocycles. The number of anilines is 1. The van der Waals surface area contributed by atoms with Gasteiger partial charge in [0, 0.05) is 18.3 Å². The molecule has 3 aromatic rings. The lowest BCUT2D eigenvalue weighted by atomic mass is 9.95. The summed E-state index contributed by atoms with van der Waals surface area (Å²) in [5.41, 5.74) is 9.53. The quantitative estimate of drug-likeness (QED) is 0.561. The molecule has 3 N–H and O–H groups in total. The molecule has 7 heteroatoms. The van der Waals surface area contributed by atoms with Crippen LogP contribution >= 0.6 is 0 Å². The predicted octanol–water partition coefficient (Wildman–Crippen LogP) is 4.09. The van der Waals surface area contributed by atoms with Crippen LogP contribution in [0.25, 0.3) is 11.1 Å². The van der Waals surface area contributed by atoms with Gasteiger partial charge in [-0.2, -0.15) is 0 Å². The third kappa shape index (κ3) is 5.73. The summed E-state index contributed by atoms with van der Waals surface area (Å²) in [5.74, 6) is -1.37. The number of ether oxygens (including phenoxy) is 1. The lowest BCUT2D eigenvalue weighted by Gasteiger charge is -2.13. The van der Waals surface area contributed by atoms with Gasteiger partial charge in [-0.05, 0) is 54.3 Å². The van der Waals surface area contributed by atoms with Crippen LogP contribution in [0, 0.1) is 5.82 Å². The van der Waals surface area contributed by atoms with Gasteiger partial charge in [0.15, 0.2) is 5.82 Å². The number of hydrogen-bond donors (Lipinski definition) is 2. The number of nitrogens with two attached hydrogens (primary N) is 1. The standard InChI is InChI=1S/C24H24FN3O3/c1-15(2)31-23(29)11-16-4-3-5-17(10-16)20-12-18(6-7-19(20)13-26)24(30)28-22-8-9-27-14-21(22)25/h3-10,12,14-15H,11,13,26H2,1-2H3,(H,27,28,30). The Morgan fingerprint density at radius 1 is 1.16 bits per heavy atom. The molecule has 0 spiro atoms. The first kappa shape index (κ1) is 22.1. The molecule has 0 aliphatic rings. The molecular formula is C24H24FN3O3. The van der Waals surface area contributed by atoms with Crippen molar-refractivity contribution in [2.45, 2.75) is 32.9 Å². The third-order valence-electron chi connectivity index (χ3n) is 4.57. The van der Waals surface area contributed by atoms with Gasteiger partial charge in [-0.3, -0.25) is 14.6 Å². The smallest absolute Gasteiger partial charge is 0.310 e.